The van der Waals surface area contributed by atoms with E-state index >= 15 is 0 Å². The molecule has 0 amide bonds. The van der Waals surface area contributed by atoms with Crippen LogP contribution in [-0.4, -0.2) is 33.1 Å². The molecule has 0 spiro atoms. The number of fused-ring (bicyclic) bond motifs is 1. The van der Waals surface area contributed by atoms with E-state index in [9.17, 15) is 0 Å². The molecule has 0 radical (unpaired) electrons. The zero-order valence-electron chi connectivity index (χ0n) is 17.7. The summed E-state index contributed by atoms with van der Waals surface area (Å²) in [5.41, 5.74) is 6.08. The van der Waals surface area contributed by atoms with Crippen molar-refractivity contribution in [3.63, 3.8) is 0 Å². The Morgan fingerprint density at radius 1 is 0.935 bits per heavy atom. The van der Waals surface area contributed by atoms with E-state index in [1.165, 1.54) is 22.5 Å². The summed E-state index contributed by atoms with van der Waals surface area (Å²) in [5, 5.41) is 0. The molecule has 156 valence electrons. The number of hydrogen-bond donors (Lipinski definition) is 0. The molecule has 0 aliphatic carbocycles. The minimum atomic E-state index is 0.821. The highest BCUT2D eigenvalue weighted by atomic mass is 16.5. The molecule has 0 bridgehead atoms. The lowest BCUT2D eigenvalue weighted by atomic mass is 10.1. The molecule has 5 rings (SSSR count). The van der Waals surface area contributed by atoms with E-state index in [0.29, 0.717) is 0 Å². The smallest absolute Gasteiger partial charge is 0.159 e. The van der Waals surface area contributed by atoms with Crippen molar-refractivity contribution in [3.8, 4) is 17.1 Å². The van der Waals surface area contributed by atoms with Gasteiger partial charge in [0.25, 0.3) is 0 Å². The van der Waals surface area contributed by atoms with Gasteiger partial charge in [0.1, 0.15) is 5.75 Å². The number of nitrogens with zero attached hydrogens (tertiary/aromatic N) is 4. The van der Waals surface area contributed by atoms with Crippen LogP contribution in [0.5, 0.6) is 5.75 Å². The van der Waals surface area contributed by atoms with Gasteiger partial charge in [-0.2, -0.15) is 0 Å². The van der Waals surface area contributed by atoms with E-state index < -0.39 is 0 Å². The predicted molar refractivity (Wildman–Crippen MR) is 122 cm³/mol. The van der Waals surface area contributed by atoms with Crippen LogP contribution in [0.4, 0.5) is 0 Å². The molecule has 4 aromatic rings. The van der Waals surface area contributed by atoms with Crippen LogP contribution >= 0.6 is 0 Å². The summed E-state index contributed by atoms with van der Waals surface area (Å²) in [4.78, 5) is 12.0. The van der Waals surface area contributed by atoms with Crippen molar-refractivity contribution in [2.24, 2.45) is 0 Å². The number of aromatic nitrogens is 3. The Kier molecular flexibility index (Phi) is 5.50. The first-order valence-electron chi connectivity index (χ1n) is 10.7. The average molecular weight is 411 g/mol. The molecule has 5 heteroatoms. The third-order valence-corrected chi connectivity index (χ3v) is 5.87. The van der Waals surface area contributed by atoms with E-state index in [4.69, 9.17) is 9.72 Å². The zero-order valence-corrected chi connectivity index (χ0v) is 17.7. The predicted octanol–water partition coefficient (Wildman–Crippen LogP) is 4.56. The minimum Gasteiger partial charge on any atom is -0.497 e. The molecule has 5 nitrogen and oxygen atoms in total. The van der Waals surface area contributed by atoms with Gasteiger partial charge < -0.3 is 9.30 Å². The largest absolute Gasteiger partial charge is 0.497 e. The van der Waals surface area contributed by atoms with Crippen molar-refractivity contribution in [1.82, 2.24) is 19.4 Å². The Labute approximate surface area is 183 Å². The third kappa shape index (κ3) is 4.37. The number of ether oxygens (including phenoxy) is 1. The molecule has 0 saturated heterocycles. The van der Waals surface area contributed by atoms with Crippen molar-refractivity contribution < 1.29 is 4.74 Å². The Morgan fingerprint density at radius 3 is 2.58 bits per heavy atom. The van der Waals surface area contributed by atoms with Gasteiger partial charge in [-0.3, -0.25) is 4.90 Å². The topological polar surface area (TPSA) is 43.2 Å². The van der Waals surface area contributed by atoms with Crippen LogP contribution in [0.3, 0.4) is 0 Å². The third-order valence-electron chi connectivity index (χ3n) is 5.87. The highest BCUT2D eigenvalue weighted by molar-refractivity contribution is 5.54. The molecule has 31 heavy (non-hydrogen) atoms. The van der Waals surface area contributed by atoms with Crippen molar-refractivity contribution in [3.05, 3.63) is 102 Å². The molecule has 0 fully saturated rings. The normalized spacial score (nSPS) is 13.7. The Balaban J connectivity index is 1.27. The Morgan fingerprint density at radius 2 is 1.77 bits per heavy atom. The van der Waals surface area contributed by atoms with Crippen LogP contribution in [0.1, 0.15) is 22.5 Å². The maximum atomic E-state index is 5.27. The SMILES string of the molecule is COc1ccc(Cn2cccc2CN2CCc3nc(-c4ccccc4)ncc3C2)cc1. The molecule has 1 aliphatic heterocycles. The van der Waals surface area contributed by atoms with Crippen LogP contribution in [0.25, 0.3) is 11.4 Å². The zero-order chi connectivity index (χ0) is 21.0. The van der Waals surface area contributed by atoms with Crippen LogP contribution in [-0.2, 0) is 26.1 Å². The van der Waals surface area contributed by atoms with Crippen LogP contribution in [0.15, 0.2) is 79.1 Å². The summed E-state index contributed by atoms with van der Waals surface area (Å²) in [6.45, 7) is 3.67. The number of benzene rings is 2. The fourth-order valence-corrected chi connectivity index (χ4v) is 4.14. The maximum Gasteiger partial charge on any atom is 0.159 e. The van der Waals surface area contributed by atoms with Gasteiger partial charge in [-0.1, -0.05) is 42.5 Å². The van der Waals surface area contributed by atoms with E-state index in [2.05, 4.69) is 57.0 Å². The molecule has 3 heterocycles. The van der Waals surface area contributed by atoms with Gasteiger partial charge in [-0.15, -0.1) is 0 Å². The van der Waals surface area contributed by atoms with Crippen molar-refractivity contribution >= 4 is 0 Å². The molecule has 0 atom stereocenters. The summed E-state index contributed by atoms with van der Waals surface area (Å²) in [5.74, 6) is 1.71. The first-order valence-corrected chi connectivity index (χ1v) is 10.7. The van der Waals surface area contributed by atoms with Gasteiger partial charge >= 0.3 is 0 Å². The van der Waals surface area contributed by atoms with Gasteiger partial charge in [0.05, 0.1) is 12.8 Å². The van der Waals surface area contributed by atoms with E-state index in [0.717, 1.165) is 49.7 Å². The van der Waals surface area contributed by atoms with Gasteiger partial charge in [0, 0.05) is 61.8 Å². The average Bonchev–Trinajstić information content (AvgIpc) is 3.26. The van der Waals surface area contributed by atoms with Gasteiger partial charge in [-0.05, 0) is 29.8 Å². The van der Waals surface area contributed by atoms with E-state index in [1.807, 2.05) is 36.5 Å². The Bertz CT molecular complexity index is 1150. The monoisotopic (exact) mass is 410 g/mol. The van der Waals surface area contributed by atoms with Gasteiger partial charge in [-0.25, -0.2) is 9.97 Å². The van der Waals surface area contributed by atoms with E-state index in [1.54, 1.807) is 7.11 Å². The van der Waals surface area contributed by atoms with E-state index in [-0.39, 0.29) is 0 Å². The summed E-state index contributed by atoms with van der Waals surface area (Å²) >= 11 is 0. The summed E-state index contributed by atoms with van der Waals surface area (Å²) in [6.07, 6.45) is 5.12. The lowest BCUT2D eigenvalue weighted by Crippen LogP contribution is -2.31. The number of rotatable bonds is 6. The molecular formula is C26H26N4O. The quantitative estimate of drug-likeness (QED) is 0.467. The molecule has 1 aliphatic rings. The van der Waals surface area contributed by atoms with Crippen LogP contribution in [0.2, 0.25) is 0 Å². The van der Waals surface area contributed by atoms with Gasteiger partial charge in [0.2, 0.25) is 0 Å². The highest BCUT2D eigenvalue weighted by Crippen LogP contribution is 2.22. The molecule has 2 aromatic heterocycles. The second-order valence-corrected chi connectivity index (χ2v) is 7.97. The second-order valence-electron chi connectivity index (χ2n) is 7.97. The standard InChI is InChI=1S/C26H26N4O/c1-31-24-11-9-20(10-12-24)17-30-14-5-8-23(30)19-29-15-13-25-22(18-29)16-27-26(28-25)21-6-3-2-4-7-21/h2-12,14,16H,13,15,17-19H2,1H3. The minimum absolute atomic E-state index is 0.821. The molecule has 0 N–H and O–H groups in total. The fourth-order valence-electron chi connectivity index (χ4n) is 4.14. The van der Waals surface area contributed by atoms with Crippen molar-refractivity contribution in [1.29, 1.82) is 0 Å². The molecule has 0 saturated carbocycles. The summed E-state index contributed by atoms with van der Waals surface area (Å²) in [6, 6.07) is 22.8. The summed E-state index contributed by atoms with van der Waals surface area (Å²) in [7, 11) is 1.70. The van der Waals surface area contributed by atoms with Crippen LogP contribution < -0.4 is 4.74 Å². The van der Waals surface area contributed by atoms with Crippen molar-refractivity contribution in [2.75, 3.05) is 13.7 Å². The highest BCUT2D eigenvalue weighted by Gasteiger charge is 2.20. The second kappa shape index (κ2) is 8.74. The molecule has 0 unspecified atom stereocenters. The fraction of sp³-hybridized carbons (Fsp3) is 0.231. The Hall–Kier alpha value is -3.44. The lowest BCUT2D eigenvalue weighted by molar-refractivity contribution is 0.237. The van der Waals surface area contributed by atoms with Crippen molar-refractivity contribution in [2.45, 2.75) is 26.1 Å². The summed E-state index contributed by atoms with van der Waals surface area (Å²) < 4.78 is 7.59. The first-order chi connectivity index (χ1) is 15.3. The number of methoxy groups -OCH3 is 1. The maximum absolute atomic E-state index is 5.27. The first kappa shape index (κ1) is 19.5. The van der Waals surface area contributed by atoms with Gasteiger partial charge in [0.15, 0.2) is 5.82 Å². The molecular weight excluding hydrogens is 384 g/mol. The van der Waals surface area contributed by atoms with Crippen LogP contribution in [0, 0.1) is 0 Å². The molecule has 2 aromatic carbocycles. The number of hydrogen-bond acceptors (Lipinski definition) is 4. The lowest BCUT2D eigenvalue weighted by Gasteiger charge is -2.28.